The number of halogens is 1. The van der Waals surface area contributed by atoms with Gasteiger partial charge in [-0.3, -0.25) is 4.79 Å². The summed E-state index contributed by atoms with van der Waals surface area (Å²) in [5.74, 6) is 0.240. The van der Waals surface area contributed by atoms with Crippen molar-refractivity contribution in [2.45, 2.75) is 19.8 Å². The highest BCUT2D eigenvalue weighted by molar-refractivity contribution is 6.32. The number of carbonyl (C=O) groups excluding carboxylic acids is 1. The van der Waals surface area contributed by atoms with E-state index in [2.05, 4.69) is 22.3 Å². The number of primary amides is 1. The number of nitrogens with zero attached hydrogens (tertiary/aromatic N) is 2. The van der Waals surface area contributed by atoms with Gasteiger partial charge in [-0.1, -0.05) is 24.9 Å². The van der Waals surface area contributed by atoms with Crippen molar-refractivity contribution in [1.29, 1.82) is 0 Å². The number of nitrogens with one attached hydrogen (secondary N) is 1. The molecule has 3 N–H and O–H groups in total. The molecule has 8 heteroatoms. The molecular formula is C14H17ClN4O3. The molecule has 1 heterocycles. The summed E-state index contributed by atoms with van der Waals surface area (Å²) in [7, 11) is 1.51. The van der Waals surface area contributed by atoms with Gasteiger partial charge in [0.1, 0.15) is 5.69 Å². The van der Waals surface area contributed by atoms with Crippen LogP contribution in [0.3, 0.4) is 0 Å². The number of ether oxygens (including phenoxy) is 2. The molecule has 0 saturated carbocycles. The average Bonchev–Trinajstić information content (AvgIpc) is 2.98. The minimum absolute atomic E-state index is 0.0396. The predicted molar refractivity (Wildman–Crippen MR) is 82.3 cm³/mol. The van der Waals surface area contributed by atoms with Crippen LogP contribution >= 0.6 is 11.6 Å². The Bertz CT molecular complexity index is 672. The van der Waals surface area contributed by atoms with E-state index in [9.17, 15) is 4.79 Å². The molecule has 0 fully saturated rings. The van der Waals surface area contributed by atoms with Crippen molar-refractivity contribution >= 4 is 17.5 Å². The number of benzene rings is 1. The predicted octanol–water partition coefficient (Wildman–Crippen LogP) is 2.41. The van der Waals surface area contributed by atoms with Crippen molar-refractivity contribution in [2.75, 3.05) is 13.7 Å². The number of rotatable bonds is 7. The molecular weight excluding hydrogens is 308 g/mol. The van der Waals surface area contributed by atoms with Gasteiger partial charge in [0.25, 0.3) is 5.91 Å². The number of nitrogens with two attached hydrogens (primary N) is 1. The number of aromatic nitrogens is 3. The monoisotopic (exact) mass is 324 g/mol. The molecule has 0 unspecified atom stereocenters. The molecule has 22 heavy (non-hydrogen) atoms. The molecule has 0 bridgehead atoms. The van der Waals surface area contributed by atoms with E-state index in [4.69, 9.17) is 26.8 Å². The maximum atomic E-state index is 11.3. The molecule has 0 aliphatic carbocycles. The lowest BCUT2D eigenvalue weighted by atomic mass is 10.1. The van der Waals surface area contributed by atoms with Crippen LogP contribution in [-0.4, -0.2) is 35.0 Å². The second-order valence-corrected chi connectivity index (χ2v) is 4.98. The lowest BCUT2D eigenvalue weighted by Gasteiger charge is -2.13. The second kappa shape index (κ2) is 7.13. The molecule has 0 atom stereocenters. The molecule has 0 saturated heterocycles. The van der Waals surface area contributed by atoms with Gasteiger partial charge in [-0.15, -0.1) is 0 Å². The fraction of sp³-hybridized carbons (Fsp3) is 0.357. The summed E-state index contributed by atoms with van der Waals surface area (Å²) < 4.78 is 11.0. The molecule has 0 aliphatic rings. The molecule has 2 rings (SSSR count). The zero-order valence-electron chi connectivity index (χ0n) is 12.4. The topological polar surface area (TPSA) is 103 Å². The Hall–Kier alpha value is -2.28. The lowest BCUT2D eigenvalue weighted by Crippen LogP contribution is -2.12. The van der Waals surface area contributed by atoms with Gasteiger partial charge in [-0.25, -0.2) is 0 Å². The van der Waals surface area contributed by atoms with Crippen LogP contribution in [-0.2, 0) is 0 Å². The number of methoxy groups -OCH3 is 1. The summed E-state index contributed by atoms with van der Waals surface area (Å²) >= 11 is 6.26. The summed E-state index contributed by atoms with van der Waals surface area (Å²) in [6.07, 6.45) is 1.93. The van der Waals surface area contributed by atoms with Crippen molar-refractivity contribution < 1.29 is 14.3 Å². The minimum atomic E-state index is -0.679. The summed E-state index contributed by atoms with van der Waals surface area (Å²) in [5.41, 5.74) is 6.18. The van der Waals surface area contributed by atoms with Crippen molar-refractivity contribution in [3.8, 4) is 22.8 Å². The van der Waals surface area contributed by atoms with Crippen molar-refractivity contribution in [3.63, 3.8) is 0 Å². The van der Waals surface area contributed by atoms with Gasteiger partial charge in [-0.2, -0.15) is 15.4 Å². The quantitative estimate of drug-likeness (QED) is 0.761. The van der Waals surface area contributed by atoms with Gasteiger partial charge in [-0.05, 0) is 18.6 Å². The van der Waals surface area contributed by atoms with Crippen LogP contribution < -0.4 is 15.2 Å². The molecule has 1 amide bonds. The number of hydrogen-bond acceptors (Lipinski definition) is 5. The first kappa shape index (κ1) is 16.1. The van der Waals surface area contributed by atoms with Crippen LogP contribution in [0, 0.1) is 0 Å². The lowest BCUT2D eigenvalue weighted by molar-refractivity contribution is 0.0996. The van der Waals surface area contributed by atoms with Crippen LogP contribution in [0.1, 0.15) is 30.3 Å². The average molecular weight is 325 g/mol. The third-order valence-electron chi connectivity index (χ3n) is 3.03. The molecule has 0 spiro atoms. The largest absolute Gasteiger partial charge is 0.493 e. The summed E-state index contributed by atoms with van der Waals surface area (Å²) in [6, 6.07) is 3.31. The Morgan fingerprint density at radius 2 is 2.18 bits per heavy atom. The van der Waals surface area contributed by atoms with Gasteiger partial charge >= 0.3 is 0 Å². The van der Waals surface area contributed by atoms with Crippen LogP contribution in [0.2, 0.25) is 5.02 Å². The van der Waals surface area contributed by atoms with E-state index >= 15 is 0 Å². The number of hydrogen-bond donors (Lipinski definition) is 2. The first-order valence-electron chi connectivity index (χ1n) is 6.79. The zero-order valence-corrected chi connectivity index (χ0v) is 13.1. The fourth-order valence-electron chi connectivity index (χ4n) is 1.92. The zero-order chi connectivity index (χ0) is 16.1. The second-order valence-electron chi connectivity index (χ2n) is 4.58. The maximum Gasteiger partial charge on any atom is 0.271 e. The first-order valence-corrected chi connectivity index (χ1v) is 7.17. The van der Waals surface area contributed by atoms with Crippen LogP contribution in [0.25, 0.3) is 11.3 Å². The number of unbranched alkanes of at least 4 members (excludes halogenated alkanes) is 1. The number of aromatic amines is 1. The third-order valence-corrected chi connectivity index (χ3v) is 3.31. The molecule has 118 valence electrons. The van der Waals surface area contributed by atoms with Gasteiger partial charge in [0.2, 0.25) is 0 Å². The molecule has 0 aliphatic heterocycles. The Balaban J connectivity index is 2.41. The van der Waals surface area contributed by atoms with E-state index in [1.165, 1.54) is 7.11 Å². The van der Waals surface area contributed by atoms with E-state index in [0.717, 1.165) is 12.8 Å². The minimum Gasteiger partial charge on any atom is -0.493 e. The van der Waals surface area contributed by atoms with Gasteiger partial charge in [0.15, 0.2) is 17.2 Å². The Morgan fingerprint density at radius 1 is 1.41 bits per heavy atom. The van der Waals surface area contributed by atoms with Gasteiger partial charge in [0, 0.05) is 5.56 Å². The number of H-pyrrole nitrogens is 1. The van der Waals surface area contributed by atoms with E-state index < -0.39 is 5.91 Å². The normalized spacial score (nSPS) is 10.5. The van der Waals surface area contributed by atoms with E-state index in [0.29, 0.717) is 34.4 Å². The van der Waals surface area contributed by atoms with Crippen molar-refractivity contribution in [3.05, 3.63) is 22.8 Å². The standard InChI is InChI=1S/C14H17ClN4O3/c1-3-4-5-22-13-9(15)6-8(7-10(13)21-2)11-12(14(16)20)18-19-17-11/h6-7H,3-5H2,1-2H3,(H2,16,20)(H,17,18,19). The molecule has 1 aromatic carbocycles. The number of carbonyl (C=O) groups is 1. The van der Waals surface area contributed by atoms with E-state index in [1.54, 1.807) is 12.1 Å². The SMILES string of the molecule is CCCCOc1c(Cl)cc(-c2n[nH]nc2C(N)=O)cc1OC. The maximum absolute atomic E-state index is 11.3. The van der Waals surface area contributed by atoms with E-state index in [-0.39, 0.29) is 5.69 Å². The Morgan fingerprint density at radius 3 is 2.82 bits per heavy atom. The van der Waals surface area contributed by atoms with Crippen LogP contribution in [0.5, 0.6) is 11.5 Å². The van der Waals surface area contributed by atoms with Crippen LogP contribution in [0.4, 0.5) is 0 Å². The Kier molecular flexibility index (Phi) is 5.21. The molecule has 1 aromatic heterocycles. The highest BCUT2D eigenvalue weighted by Crippen LogP contribution is 2.39. The molecule has 7 nitrogen and oxygen atoms in total. The number of amides is 1. The van der Waals surface area contributed by atoms with Crippen molar-refractivity contribution in [2.24, 2.45) is 5.73 Å². The summed E-state index contributed by atoms with van der Waals surface area (Å²) in [6.45, 7) is 2.61. The van der Waals surface area contributed by atoms with Gasteiger partial charge < -0.3 is 15.2 Å². The summed E-state index contributed by atoms with van der Waals surface area (Å²) in [4.78, 5) is 11.3. The first-order chi connectivity index (χ1) is 10.6. The summed E-state index contributed by atoms with van der Waals surface area (Å²) in [5, 5.41) is 10.4. The highest BCUT2D eigenvalue weighted by Gasteiger charge is 2.19. The van der Waals surface area contributed by atoms with E-state index in [1.807, 2.05) is 0 Å². The van der Waals surface area contributed by atoms with Crippen molar-refractivity contribution in [1.82, 2.24) is 15.4 Å². The van der Waals surface area contributed by atoms with Crippen LogP contribution in [0.15, 0.2) is 12.1 Å². The fourth-order valence-corrected chi connectivity index (χ4v) is 2.18. The molecule has 0 radical (unpaired) electrons. The third kappa shape index (κ3) is 3.30. The van der Waals surface area contributed by atoms with Gasteiger partial charge in [0.05, 0.1) is 18.7 Å². The molecule has 2 aromatic rings. The smallest absolute Gasteiger partial charge is 0.271 e. The Labute approximate surface area is 132 Å². The highest BCUT2D eigenvalue weighted by atomic mass is 35.5.